The maximum absolute atomic E-state index is 11.2. The van der Waals surface area contributed by atoms with Crippen LogP contribution < -0.4 is 39.6 Å². The van der Waals surface area contributed by atoms with Crippen molar-refractivity contribution in [2.45, 2.75) is 0 Å². The number of aromatic nitrogens is 1. The van der Waals surface area contributed by atoms with Gasteiger partial charge in [0.2, 0.25) is 11.4 Å². The number of amides is 1. The van der Waals surface area contributed by atoms with Crippen LogP contribution in [0.25, 0.3) is 22.4 Å². The SMILES string of the molecule is C[n+]1c(C=Cc2ccc(NC(=O)CN)cc2)sc2ccccc21.[I-]. The molecule has 0 unspecified atom stereocenters. The van der Waals surface area contributed by atoms with E-state index in [2.05, 4.69) is 53.3 Å². The Balaban J connectivity index is 0.00000208. The lowest BCUT2D eigenvalue weighted by Gasteiger charge is -2.03. The number of nitrogens with one attached hydrogen (secondary N) is 1. The molecule has 2 aromatic carbocycles. The van der Waals surface area contributed by atoms with Crippen molar-refractivity contribution in [3.63, 3.8) is 0 Å². The number of nitrogens with two attached hydrogens (primary N) is 1. The monoisotopic (exact) mass is 451 g/mol. The minimum atomic E-state index is -0.189. The average molecular weight is 451 g/mol. The molecule has 6 heteroatoms. The van der Waals surface area contributed by atoms with Crippen LogP contribution in [0.3, 0.4) is 0 Å². The van der Waals surface area contributed by atoms with Crippen LogP contribution in [0.4, 0.5) is 5.69 Å². The summed E-state index contributed by atoms with van der Waals surface area (Å²) >= 11 is 1.76. The fourth-order valence-electron chi connectivity index (χ4n) is 2.32. The third kappa shape index (κ3) is 4.19. The molecule has 0 aliphatic rings. The smallest absolute Gasteiger partial charge is 0.262 e. The van der Waals surface area contributed by atoms with E-state index in [0.29, 0.717) is 0 Å². The number of aryl methyl sites for hydroxylation is 1. The molecule has 0 spiro atoms. The fourth-order valence-corrected chi connectivity index (χ4v) is 3.38. The molecule has 24 heavy (non-hydrogen) atoms. The van der Waals surface area contributed by atoms with Gasteiger partial charge in [0.25, 0.3) is 5.01 Å². The number of nitrogens with zero attached hydrogens (tertiary/aromatic N) is 1. The lowest BCUT2D eigenvalue weighted by atomic mass is 10.2. The Labute approximate surface area is 162 Å². The minimum Gasteiger partial charge on any atom is -1.00 e. The second kappa shape index (κ2) is 8.36. The van der Waals surface area contributed by atoms with Crippen molar-refractivity contribution in [1.29, 1.82) is 0 Å². The van der Waals surface area contributed by atoms with Crippen LogP contribution in [-0.4, -0.2) is 12.5 Å². The first-order valence-electron chi connectivity index (χ1n) is 7.33. The van der Waals surface area contributed by atoms with Crippen LogP contribution in [0, 0.1) is 0 Å². The van der Waals surface area contributed by atoms with Crippen LogP contribution in [0.5, 0.6) is 0 Å². The van der Waals surface area contributed by atoms with Gasteiger partial charge >= 0.3 is 0 Å². The third-order valence-corrected chi connectivity index (χ3v) is 4.75. The lowest BCUT2D eigenvalue weighted by molar-refractivity contribution is -0.642. The Kier molecular flexibility index (Phi) is 6.47. The van der Waals surface area contributed by atoms with Gasteiger partial charge in [0.15, 0.2) is 0 Å². The molecule has 0 bridgehead atoms. The van der Waals surface area contributed by atoms with Crippen molar-refractivity contribution in [2.24, 2.45) is 12.8 Å². The summed E-state index contributed by atoms with van der Waals surface area (Å²) in [6.07, 6.45) is 4.18. The molecule has 0 aliphatic carbocycles. The van der Waals surface area contributed by atoms with Gasteiger partial charge in [-0.25, -0.2) is 0 Å². The summed E-state index contributed by atoms with van der Waals surface area (Å²) in [5.74, 6) is -0.189. The van der Waals surface area contributed by atoms with Crippen molar-refractivity contribution in [2.75, 3.05) is 11.9 Å². The van der Waals surface area contributed by atoms with Gasteiger partial charge < -0.3 is 35.0 Å². The summed E-state index contributed by atoms with van der Waals surface area (Å²) in [5.41, 5.74) is 8.35. The topological polar surface area (TPSA) is 59.0 Å². The van der Waals surface area contributed by atoms with E-state index in [1.54, 1.807) is 11.3 Å². The highest BCUT2D eigenvalue weighted by Crippen LogP contribution is 2.21. The fraction of sp³-hybridized carbons (Fsp3) is 0.111. The zero-order chi connectivity index (χ0) is 16.2. The third-order valence-electron chi connectivity index (χ3n) is 3.57. The van der Waals surface area contributed by atoms with Gasteiger partial charge in [0.1, 0.15) is 11.7 Å². The summed E-state index contributed by atoms with van der Waals surface area (Å²) in [4.78, 5) is 11.2. The van der Waals surface area contributed by atoms with Crippen LogP contribution in [0.15, 0.2) is 48.5 Å². The number of hydrogen-bond acceptors (Lipinski definition) is 3. The van der Waals surface area contributed by atoms with E-state index in [0.717, 1.165) is 11.3 Å². The van der Waals surface area contributed by atoms with Crippen LogP contribution in [-0.2, 0) is 11.8 Å². The summed E-state index contributed by atoms with van der Waals surface area (Å²) in [6, 6.07) is 16.0. The normalized spacial score (nSPS) is 10.8. The summed E-state index contributed by atoms with van der Waals surface area (Å²) < 4.78 is 3.46. The zero-order valence-electron chi connectivity index (χ0n) is 13.2. The number of halogens is 1. The van der Waals surface area contributed by atoms with Gasteiger partial charge in [-0.15, -0.1) is 0 Å². The van der Waals surface area contributed by atoms with E-state index < -0.39 is 0 Å². The first-order valence-corrected chi connectivity index (χ1v) is 8.14. The molecule has 1 heterocycles. The van der Waals surface area contributed by atoms with Crippen LogP contribution >= 0.6 is 11.3 Å². The molecule has 124 valence electrons. The molecule has 0 saturated heterocycles. The summed E-state index contributed by atoms with van der Waals surface area (Å²) in [7, 11) is 2.07. The standard InChI is InChI=1S/C18H17N3OS.HI/c1-21-15-4-2-3-5-16(15)23-18(21)11-8-13-6-9-14(10-7-13)20-17(22)12-19;/h2-11H,12,19H2,1H3;1H. The van der Waals surface area contributed by atoms with E-state index in [9.17, 15) is 4.79 Å². The molecule has 4 nitrogen and oxygen atoms in total. The molecule has 3 aromatic rings. The second-order valence-corrected chi connectivity index (χ2v) is 6.24. The molecule has 0 radical (unpaired) electrons. The Morgan fingerprint density at radius 3 is 2.54 bits per heavy atom. The van der Waals surface area contributed by atoms with Gasteiger partial charge in [0.05, 0.1) is 6.54 Å². The predicted octanol–water partition coefficient (Wildman–Crippen LogP) is -0.203. The number of para-hydroxylation sites is 1. The van der Waals surface area contributed by atoms with Crippen molar-refractivity contribution in [1.82, 2.24) is 0 Å². The number of carbonyl (C=O) groups is 1. The maximum atomic E-state index is 11.2. The Bertz CT molecular complexity index is 872. The molecule has 1 amide bonds. The largest absolute Gasteiger partial charge is 1.00 e. The second-order valence-electron chi connectivity index (χ2n) is 5.17. The van der Waals surface area contributed by atoms with Crippen molar-refractivity contribution >= 4 is 45.3 Å². The van der Waals surface area contributed by atoms with Crippen LogP contribution in [0.2, 0.25) is 0 Å². The number of benzene rings is 2. The first-order chi connectivity index (χ1) is 11.2. The molecular weight excluding hydrogens is 433 g/mol. The highest BCUT2D eigenvalue weighted by atomic mass is 127. The van der Waals surface area contributed by atoms with Gasteiger partial charge in [0, 0.05) is 17.8 Å². The van der Waals surface area contributed by atoms with Crippen molar-refractivity contribution < 1.29 is 33.3 Å². The number of hydrogen-bond donors (Lipinski definition) is 2. The highest BCUT2D eigenvalue weighted by Gasteiger charge is 2.13. The molecule has 0 aliphatic heterocycles. The van der Waals surface area contributed by atoms with Gasteiger partial charge in [-0.3, -0.25) is 4.79 Å². The number of anilines is 1. The average Bonchev–Trinajstić information content (AvgIpc) is 2.90. The van der Waals surface area contributed by atoms with E-state index in [1.165, 1.54) is 15.2 Å². The zero-order valence-corrected chi connectivity index (χ0v) is 16.2. The molecule has 0 saturated carbocycles. The number of carbonyl (C=O) groups excluding carboxylic acids is 1. The first kappa shape index (κ1) is 18.6. The predicted molar refractivity (Wildman–Crippen MR) is 96.1 cm³/mol. The number of thiazole rings is 1. The van der Waals surface area contributed by atoms with E-state index in [-0.39, 0.29) is 36.4 Å². The molecule has 0 fully saturated rings. The maximum Gasteiger partial charge on any atom is 0.262 e. The van der Waals surface area contributed by atoms with E-state index in [4.69, 9.17) is 5.73 Å². The number of fused-ring (bicyclic) bond motifs is 1. The molecule has 3 N–H and O–H groups in total. The minimum absolute atomic E-state index is 0. The Morgan fingerprint density at radius 1 is 1.17 bits per heavy atom. The van der Waals surface area contributed by atoms with Gasteiger partial charge in [-0.1, -0.05) is 35.6 Å². The van der Waals surface area contributed by atoms with E-state index >= 15 is 0 Å². The number of rotatable bonds is 4. The molecular formula is C18H18IN3OS. The highest BCUT2D eigenvalue weighted by molar-refractivity contribution is 7.18. The van der Waals surface area contributed by atoms with Crippen molar-refractivity contribution in [3.05, 3.63) is 59.1 Å². The summed E-state index contributed by atoms with van der Waals surface area (Å²) in [6.45, 7) is -0.00983. The Hall–Kier alpha value is -1.77. The Morgan fingerprint density at radius 2 is 1.88 bits per heavy atom. The van der Waals surface area contributed by atoms with E-state index in [1.807, 2.05) is 24.3 Å². The molecule has 0 atom stereocenters. The van der Waals surface area contributed by atoms with Gasteiger partial charge in [-0.05, 0) is 29.8 Å². The summed E-state index contributed by atoms with van der Waals surface area (Å²) in [5, 5.41) is 3.92. The lowest BCUT2D eigenvalue weighted by Crippen LogP contribution is -3.00. The molecule has 3 rings (SSSR count). The molecule has 1 aromatic heterocycles. The van der Waals surface area contributed by atoms with Crippen LogP contribution in [0.1, 0.15) is 10.6 Å². The van der Waals surface area contributed by atoms with Gasteiger partial charge in [-0.2, -0.15) is 4.57 Å². The van der Waals surface area contributed by atoms with Crippen molar-refractivity contribution in [3.8, 4) is 0 Å². The quantitative estimate of drug-likeness (QED) is 0.427.